The zero-order valence-electron chi connectivity index (χ0n) is 11.6. The van der Waals surface area contributed by atoms with E-state index in [4.69, 9.17) is 4.74 Å². The van der Waals surface area contributed by atoms with Crippen molar-refractivity contribution in [2.24, 2.45) is 0 Å². The molecule has 1 N–H and O–H groups in total. The third-order valence-electron chi connectivity index (χ3n) is 3.57. The summed E-state index contributed by atoms with van der Waals surface area (Å²) in [7, 11) is 1.56. The van der Waals surface area contributed by atoms with Crippen molar-refractivity contribution >= 4 is 17.2 Å². The van der Waals surface area contributed by atoms with Crippen LogP contribution in [0.3, 0.4) is 0 Å². The van der Waals surface area contributed by atoms with Gasteiger partial charge in [0.05, 0.1) is 0 Å². The fourth-order valence-electron chi connectivity index (χ4n) is 2.48. The van der Waals surface area contributed by atoms with E-state index in [0.29, 0.717) is 12.1 Å². The highest BCUT2D eigenvalue weighted by molar-refractivity contribution is 7.10. The van der Waals surface area contributed by atoms with E-state index >= 15 is 0 Å². The average Bonchev–Trinajstić information content (AvgIpc) is 2.94. The van der Waals surface area contributed by atoms with Crippen molar-refractivity contribution in [1.82, 2.24) is 10.2 Å². The van der Waals surface area contributed by atoms with Gasteiger partial charge in [-0.2, -0.15) is 0 Å². The van der Waals surface area contributed by atoms with Crippen LogP contribution in [0.25, 0.3) is 0 Å². The summed E-state index contributed by atoms with van der Waals surface area (Å²) in [5, 5.41) is 5.76. The summed E-state index contributed by atoms with van der Waals surface area (Å²) in [6, 6.07) is 5.15. The summed E-state index contributed by atoms with van der Waals surface area (Å²) in [5.41, 5.74) is 0. The number of piperidine rings is 1. The van der Waals surface area contributed by atoms with Crippen LogP contribution in [0.5, 0.6) is 0 Å². The van der Waals surface area contributed by atoms with Gasteiger partial charge in [-0.3, -0.25) is 4.79 Å². The first-order chi connectivity index (χ1) is 9.20. The van der Waals surface area contributed by atoms with Gasteiger partial charge < -0.3 is 15.0 Å². The molecule has 1 aromatic rings. The second-order valence-corrected chi connectivity index (χ2v) is 5.97. The number of rotatable bonds is 5. The van der Waals surface area contributed by atoms with Gasteiger partial charge in [0.2, 0.25) is 5.91 Å². The van der Waals surface area contributed by atoms with Crippen molar-refractivity contribution in [3.63, 3.8) is 0 Å². The van der Waals surface area contributed by atoms with E-state index in [1.165, 1.54) is 4.88 Å². The summed E-state index contributed by atoms with van der Waals surface area (Å²) in [6.07, 6.45) is 2.04. The predicted octanol–water partition coefficient (Wildman–Crippen LogP) is 2.04. The Labute approximate surface area is 118 Å². The fourth-order valence-corrected chi connectivity index (χ4v) is 3.23. The lowest BCUT2D eigenvalue weighted by molar-refractivity contribution is -0.136. The summed E-state index contributed by atoms with van der Waals surface area (Å²) < 4.78 is 4.89. The zero-order valence-corrected chi connectivity index (χ0v) is 12.4. The van der Waals surface area contributed by atoms with E-state index in [1.807, 2.05) is 4.90 Å². The number of nitrogens with zero attached hydrogens (tertiary/aromatic N) is 1. The molecular formula is C14H22N2O2S. The number of thiophene rings is 1. The Morgan fingerprint density at radius 1 is 1.58 bits per heavy atom. The molecule has 1 aromatic heterocycles. The van der Waals surface area contributed by atoms with Gasteiger partial charge >= 0.3 is 0 Å². The monoisotopic (exact) mass is 282 g/mol. The second-order valence-electron chi connectivity index (χ2n) is 4.99. The van der Waals surface area contributed by atoms with Crippen molar-refractivity contribution in [3.05, 3.63) is 22.4 Å². The van der Waals surface area contributed by atoms with Crippen LogP contribution in [0.15, 0.2) is 17.5 Å². The van der Waals surface area contributed by atoms with Crippen LogP contribution in [0.2, 0.25) is 0 Å². The third kappa shape index (κ3) is 4.03. The molecule has 106 valence electrons. The number of likely N-dealkylation sites (tertiary alicyclic amines) is 1. The highest BCUT2D eigenvalue weighted by Crippen LogP contribution is 2.21. The maximum absolute atomic E-state index is 11.7. The molecule has 1 atom stereocenters. The fraction of sp³-hybridized carbons (Fsp3) is 0.643. The molecule has 0 spiro atoms. The summed E-state index contributed by atoms with van der Waals surface area (Å²) in [4.78, 5) is 15.0. The highest BCUT2D eigenvalue weighted by Gasteiger charge is 2.23. The van der Waals surface area contributed by atoms with Crippen LogP contribution in [0, 0.1) is 0 Å². The van der Waals surface area contributed by atoms with Crippen molar-refractivity contribution in [1.29, 1.82) is 0 Å². The third-order valence-corrected chi connectivity index (χ3v) is 4.63. The van der Waals surface area contributed by atoms with Gasteiger partial charge in [-0.1, -0.05) is 6.07 Å². The topological polar surface area (TPSA) is 41.6 Å². The lowest BCUT2D eigenvalue weighted by atomic mass is 10.0. The van der Waals surface area contributed by atoms with Crippen molar-refractivity contribution in [3.8, 4) is 0 Å². The zero-order chi connectivity index (χ0) is 13.7. The van der Waals surface area contributed by atoms with Crippen molar-refractivity contribution in [2.75, 3.05) is 26.8 Å². The maximum atomic E-state index is 11.7. The van der Waals surface area contributed by atoms with E-state index in [2.05, 4.69) is 29.8 Å². The number of amides is 1. The number of hydrogen-bond donors (Lipinski definition) is 1. The number of nitrogens with one attached hydrogen (secondary N) is 1. The Morgan fingerprint density at radius 2 is 2.32 bits per heavy atom. The Bertz CT molecular complexity index is 386. The predicted molar refractivity (Wildman–Crippen MR) is 77.3 cm³/mol. The quantitative estimate of drug-likeness (QED) is 0.898. The molecule has 0 bridgehead atoms. The first kappa shape index (κ1) is 14.5. The minimum absolute atomic E-state index is 0.104. The Hall–Kier alpha value is -0.910. The molecule has 0 radical (unpaired) electrons. The second kappa shape index (κ2) is 7.03. The molecule has 19 heavy (non-hydrogen) atoms. The van der Waals surface area contributed by atoms with Crippen LogP contribution in [-0.4, -0.2) is 43.7 Å². The minimum atomic E-state index is 0.104. The first-order valence-electron chi connectivity index (χ1n) is 6.77. The van der Waals surface area contributed by atoms with E-state index in [9.17, 15) is 4.79 Å². The van der Waals surface area contributed by atoms with Crippen LogP contribution < -0.4 is 5.32 Å². The molecule has 1 unspecified atom stereocenters. The SMILES string of the molecule is COCC(=O)N1CCC(NC(C)c2cccs2)CC1. The number of carbonyl (C=O) groups is 1. The van der Waals surface area contributed by atoms with Crippen molar-refractivity contribution < 1.29 is 9.53 Å². The van der Waals surface area contributed by atoms with Crippen LogP contribution in [0.1, 0.15) is 30.7 Å². The molecule has 1 amide bonds. The molecule has 1 aliphatic rings. The molecule has 1 saturated heterocycles. The molecule has 1 fully saturated rings. The van der Waals surface area contributed by atoms with Crippen molar-refractivity contribution in [2.45, 2.75) is 31.8 Å². The normalized spacial score (nSPS) is 18.5. The summed E-state index contributed by atoms with van der Waals surface area (Å²) >= 11 is 1.79. The van der Waals surface area contributed by atoms with E-state index < -0.39 is 0 Å². The number of carbonyl (C=O) groups excluding carboxylic acids is 1. The minimum Gasteiger partial charge on any atom is -0.375 e. The van der Waals surface area contributed by atoms with Gasteiger partial charge in [0, 0.05) is 37.2 Å². The molecule has 0 aromatic carbocycles. The lowest BCUT2D eigenvalue weighted by Gasteiger charge is -2.33. The molecule has 2 rings (SSSR count). The lowest BCUT2D eigenvalue weighted by Crippen LogP contribution is -2.46. The molecule has 4 nitrogen and oxygen atoms in total. The van der Waals surface area contributed by atoms with Crippen LogP contribution in [0.4, 0.5) is 0 Å². The van der Waals surface area contributed by atoms with E-state index in [0.717, 1.165) is 25.9 Å². The summed E-state index contributed by atoms with van der Waals surface area (Å²) in [5.74, 6) is 0.104. The molecule has 1 aliphatic heterocycles. The Balaban J connectivity index is 1.76. The van der Waals surface area contributed by atoms with Crippen LogP contribution in [-0.2, 0) is 9.53 Å². The van der Waals surface area contributed by atoms with Gasteiger partial charge in [0.1, 0.15) is 6.61 Å². The van der Waals surface area contributed by atoms with Gasteiger partial charge in [-0.25, -0.2) is 0 Å². The Morgan fingerprint density at radius 3 is 2.89 bits per heavy atom. The summed E-state index contributed by atoms with van der Waals surface area (Å²) in [6.45, 7) is 4.06. The van der Waals surface area contributed by atoms with Gasteiger partial charge in [-0.05, 0) is 31.2 Å². The molecule has 0 saturated carbocycles. The standard InChI is InChI=1S/C14H22N2O2S/c1-11(13-4-3-9-19-13)15-12-5-7-16(8-6-12)14(17)10-18-2/h3-4,9,11-12,15H,5-8,10H2,1-2H3. The van der Waals surface area contributed by atoms with Crippen LogP contribution >= 0.6 is 11.3 Å². The number of methoxy groups -OCH3 is 1. The maximum Gasteiger partial charge on any atom is 0.248 e. The molecule has 0 aliphatic carbocycles. The smallest absolute Gasteiger partial charge is 0.248 e. The van der Waals surface area contributed by atoms with Gasteiger partial charge in [0.25, 0.3) is 0 Å². The number of ether oxygens (including phenoxy) is 1. The first-order valence-corrected chi connectivity index (χ1v) is 7.65. The molecule has 5 heteroatoms. The molecular weight excluding hydrogens is 260 g/mol. The molecule has 2 heterocycles. The van der Waals surface area contributed by atoms with E-state index in [1.54, 1.807) is 18.4 Å². The highest BCUT2D eigenvalue weighted by atomic mass is 32.1. The Kier molecular flexibility index (Phi) is 5.36. The van der Waals surface area contributed by atoms with E-state index in [-0.39, 0.29) is 12.5 Å². The van der Waals surface area contributed by atoms with Gasteiger partial charge in [-0.15, -0.1) is 11.3 Å². The van der Waals surface area contributed by atoms with Gasteiger partial charge in [0.15, 0.2) is 0 Å². The number of hydrogen-bond acceptors (Lipinski definition) is 4. The average molecular weight is 282 g/mol. The largest absolute Gasteiger partial charge is 0.375 e.